The maximum Gasteiger partial charge on any atom is 0.310 e. The molecule has 2 aliphatic heterocycles. The van der Waals surface area contributed by atoms with E-state index in [0.29, 0.717) is 18.0 Å². The van der Waals surface area contributed by atoms with Crippen molar-refractivity contribution in [3.63, 3.8) is 0 Å². The average Bonchev–Trinajstić information content (AvgIpc) is 2.98. The highest BCUT2D eigenvalue weighted by Crippen LogP contribution is 2.47. The van der Waals surface area contributed by atoms with Crippen LogP contribution in [-0.2, 0) is 16.0 Å². The third kappa shape index (κ3) is 2.24. The lowest BCUT2D eigenvalue weighted by molar-refractivity contribution is -0.148. The number of aryl methyl sites for hydroxylation is 1. The van der Waals surface area contributed by atoms with Crippen LogP contribution < -0.4 is 0 Å². The van der Waals surface area contributed by atoms with Crippen molar-refractivity contribution in [3.8, 4) is 0 Å². The topological polar surface area (TPSA) is 29.5 Å². The molecular weight excluding hydrogens is 250 g/mol. The van der Waals surface area contributed by atoms with Crippen LogP contribution in [0.15, 0.2) is 30.3 Å². The number of methoxy groups -OCH3 is 1. The third-order valence-electron chi connectivity index (χ3n) is 5.26. The fourth-order valence-corrected chi connectivity index (χ4v) is 4.29. The Kier molecular flexibility index (Phi) is 3.79. The van der Waals surface area contributed by atoms with Crippen molar-refractivity contribution in [1.82, 2.24) is 4.90 Å². The van der Waals surface area contributed by atoms with E-state index in [4.69, 9.17) is 4.74 Å². The van der Waals surface area contributed by atoms with Gasteiger partial charge in [-0.15, -0.1) is 0 Å². The van der Waals surface area contributed by atoms with Crippen LogP contribution in [0.2, 0.25) is 0 Å². The molecule has 0 N–H and O–H groups in total. The number of ether oxygens (including phenoxy) is 1. The van der Waals surface area contributed by atoms with Crippen LogP contribution in [0, 0.1) is 11.8 Å². The highest BCUT2D eigenvalue weighted by molar-refractivity contribution is 5.74. The van der Waals surface area contributed by atoms with E-state index in [0.717, 1.165) is 19.3 Å². The smallest absolute Gasteiger partial charge is 0.310 e. The van der Waals surface area contributed by atoms with Crippen molar-refractivity contribution < 1.29 is 9.53 Å². The second-order valence-electron chi connectivity index (χ2n) is 6.11. The monoisotopic (exact) mass is 273 g/mol. The van der Waals surface area contributed by atoms with Crippen molar-refractivity contribution in [2.75, 3.05) is 14.2 Å². The SMILES string of the molecule is COC(=O)[C@H]1[C@H](CCc2ccccc2)[C@@H]2CC[C@H]1N2C. The molecule has 2 fully saturated rings. The Morgan fingerprint density at radius 3 is 2.65 bits per heavy atom. The lowest BCUT2D eigenvalue weighted by Gasteiger charge is -2.27. The first-order chi connectivity index (χ1) is 9.72. The molecule has 4 atom stereocenters. The van der Waals surface area contributed by atoms with Crippen molar-refractivity contribution in [2.24, 2.45) is 11.8 Å². The Morgan fingerprint density at radius 1 is 1.25 bits per heavy atom. The van der Waals surface area contributed by atoms with Gasteiger partial charge < -0.3 is 4.74 Å². The van der Waals surface area contributed by atoms with Gasteiger partial charge in [0.15, 0.2) is 0 Å². The Labute approximate surface area is 120 Å². The van der Waals surface area contributed by atoms with Gasteiger partial charge >= 0.3 is 5.97 Å². The van der Waals surface area contributed by atoms with Crippen LogP contribution in [0.4, 0.5) is 0 Å². The molecule has 3 heteroatoms. The molecule has 2 bridgehead atoms. The molecule has 20 heavy (non-hydrogen) atoms. The summed E-state index contributed by atoms with van der Waals surface area (Å²) in [6, 6.07) is 11.5. The number of carbonyl (C=O) groups excluding carboxylic acids is 1. The van der Waals surface area contributed by atoms with Gasteiger partial charge in [-0.25, -0.2) is 0 Å². The van der Waals surface area contributed by atoms with Gasteiger partial charge in [0.05, 0.1) is 13.0 Å². The fourth-order valence-electron chi connectivity index (χ4n) is 4.29. The van der Waals surface area contributed by atoms with E-state index in [9.17, 15) is 4.79 Å². The minimum absolute atomic E-state index is 0.0119. The summed E-state index contributed by atoms with van der Waals surface area (Å²) in [5.41, 5.74) is 1.36. The highest BCUT2D eigenvalue weighted by atomic mass is 16.5. The number of hydrogen-bond donors (Lipinski definition) is 0. The number of hydrogen-bond acceptors (Lipinski definition) is 3. The molecule has 3 rings (SSSR count). The summed E-state index contributed by atoms with van der Waals surface area (Å²) in [5, 5.41) is 0. The molecule has 3 nitrogen and oxygen atoms in total. The maximum absolute atomic E-state index is 12.1. The molecule has 0 spiro atoms. The van der Waals surface area contributed by atoms with E-state index in [2.05, 4.69) is 36.2 Å². The normalized spacial score (nSPS) is 32.5. The van der Waals surface area contributed by atoms with Crippen LogP contribution in [-0.4, -0.2) is 37.1 Å². The van der Waals surface area contributed by atoms with Gasteiger partial charge in [-0.2, -0.15) is 0 Å². The van der Waals surface area contributed by atoms with Crippen LogP contribution in [0.25, 0.3) is 0 Å². The second kappa shape index (κ2) is 5.57. The largest absolute Gasteiger partial charge is 0.469 e. The molecule has 2 saturated heterocycles. The molecule has 1 aromatic carbocycles. The van der Waals surface area contributed by atoms with Gasteiger partial charge in [-0.05, 0) is 44.2 Å². The average molecular weight is 273 g/mol. The fraction of sp³-hybridized carbons (Fsp3) is 0.588. The van der Waals surface area contributed by atoms with Gasteiger partial charge in [0.1, 0.15) is 0 Å². The quantitative estimate of drug-likeness (QED) is 0.789. The van der Waals surface area contributed by atoms with Crippen molar-refractivity contribution in [1.29, 1.82) is 0 Å². The minimum atomic E-state index is -0.0119. The zero-order chi connectivity index (χ0) is 14.1. The van der Waals surface area contributed by atoms with Gasteiger partial charge in [0.25, 0.3) is 0 Å². The van der Waals surface area contributed by atoms with Gasteiger partial charge in [0, 0.05) is 12.1 Å². The number of esters is 1. The molecule has 108 valence electrons. The van der Waals surface area contributed by atoms with Crippen molar-refractivity contribution >= 4 is 5.97 Å². The van der Waals surface area contributed by atoms with Crippen molar-refractivity contribution in [2.45, 2.75) is 37.8 Å². The zero-order valence-corrected chi connectivity index (χ0v) is 12.3. The summed E-state index contributed by atoms with van der Waals surface area (Å²) in [6.45, 7) is 0. The second-order valence-corrected chi connectivity index (χ2v) is 6.11. The summed E-state index contributed by atoms with van der Waals surface area (Å²) in [7, 11) is 3.68. The van der Waals surface area contributed by atoms with Crippen molar-refractivity contribution in [3.05, 3.63) is 35.9 Å². The number of benzene rings is 1. The molecule has 2 aliphatic rings. The van der Waals surface area contributed by atoms with Gasteiger partial charge in [-0.1, -0.05) is 30.3 Å². The number of nitrogens with zero attached hydrogens (tertiary/aromatic N) is 1. The van der Waals surface area contributed by atoms with Gasteiger partial charge in [-0.3, -0.25) is 9.69 Å². The number of fused-ring (bicyclic) bond motifs is 2. The van der Waals surface area contributed by atoms with E-state index in [1.54, 1.807) is 0 Å². The Balaban J connectivity index is 1.72. The molecule has 0 amide bonds. The standard InChI is InChI=1S/C17H23NO2/c1-18-14-10-11-15(18)16(17(19)20-2)13(14)9-8-12-6-4-3-5-7-12/h3-7,13-16H,8-11H2,1-2H3/t13-,14+,15-,16+/m1/s1. The Hall–Kier alpha value is -1.35. The Bertz CT molecular complexity index is 473. The van der Waals surface area contributed by atoms with E-state index in [-0.39, 0.29) is 11.9 Å². The summed E-state index contributed by atoms with van der Waals surface area (Å²) in [5.74, 6) is 0.515. The lowest BCUT2D eigenvalue weighted by Crippen LogP contribution is -2.34. The molecule has 0 aromatic heterocycles. The van der Waals surface area contributed by atoms with E-state index in [1.165, 1.54) is 19.1 Å². The maximum atomic E-state index is 12.1. The van der Waals surface area contributed by atoms with Gasteiger partial charge in [0.2, 0.25) is 0 Å². The minimum Gasteiger partial charge on any atom is -0.469 e. The zero-order valence-electron chi connectivity index (χ0n) is 12.3. The van der Waals surface area contributed by atoms with E-state index < -0.39 is 0 Å². The molecule has 0 radical (unpaired) electrons. The van der Waals surface area contributed by atoms with Crippen LogP contribution in [0.5, 0.6) is 0 Å². The predicted octanol–water partition coefficient (Wildman–Crippen LogP) is 2.50. The molecule has 0 unspecified atom stereocenters. The van der Waals surface area contributed by atoms with Crippen LogP contribution >= 0.6 is 0 Å². The first-order valence-corrected chi connectivity index (χ1v) is 7.56. The van der Waals surface area contributed by atoms with E-state index >= 15 is 0 Å². The first kappa shape index (κ1) is 13.6. The summed E-state index contributed by atoms with van der Waals surface area (Å²) < 4.78 is 5.05. The Morgan fingerprint density at radius 2 is 1.95 bits per heavy atom. The predicted molar refractivity (Wildman–Crippen MR) is 78.3 cm³/mol. The molecular formula is C17H23NO2. The van der Waals surface area contributed by atoms with Crippen LogP contribution in [0.3, 0.4) is 0 Å². The van der Waals surface area contributed by atoms with Crippen LogP contribution in [0.1, 0.15) is 24.8 Å². The summed E-state index contributed by atoms with van der Waals surface area (Å²) >= 11 is 0. The molecule has 0 aliphatic carbocycles. The molecule has 2 heterocycles. The first-order valence-electron chi connectivity index (χ1n) is 7.56. The van der Waals surface area contributed by atoms with E-state index in [1.807, 2.05) is 6.07 Å². The third-order valence-corrected chi connectivity index (χ3v) is 5.26. The number of carbonyl (C=O) groups is 1. The lowest BCUT2D eigenvalue weighted by atomic mass is 9.76. The molecule has 0 saturated carbocycles. The summed E-state index contributed by atoms with van der Waals surface area (Å²) in [6.07, 6.45) is 4.50. The molecule has 1 aromatic rings. The highest BCUT2D eigenvalue weighted by Gasteiger charge is 2.54. The number of rotatable bonds is 4. The summed E-state index contributed by atoms with van der Waals surface area (Å²) in [4.78, 5) is 14.5.